The molecular formula is C22H30N4O3. The molecule has 4 rings (SSSR count). The highest BCUT2D eigenvalue weighted by molar-refractivity contribution is 5.25. The normalized spacial score (nSPS) is 27.8. The third kappa shape index (κ3) is 3.92. The van der Waals surface area contributed by atoms with E-state index in [1.807, 2.05) is 12.1 Å². The molecule has 3 atom stereocenters. The molecule has 2 aromatic rings. The van der Waals surface area contributed by atoms with Gasteiger partial charge in [-0.2, -0.15) is 10.2 Å². The van der Waals surface area contributed by atoms with Crippen molar-refractivity contribution in [2.45, 2.75) is 82.7 Å². The van der Waals surface area contributed by atoms with Crippen LogP contribution in [0, 0.1) is 5.92 Å². The lowest BCUT2D eigenvalue weighted by molar-refractivity contribution is 0.0740. The topological polar surface area (TPSA) is 112 Å². The Kier molecular flexibility index (Phi) is 5.42. The Morgan fingerprint density at radius 1 is 0.897 bits per heavy atom. The molecule has 0 radical (unpaired) electrons. The summed E-state index contributed by atoms with van der Waals surface area (Å²) in [6, 6.07) is 3.91. The Labute approximate surface area is 170 Å². The fourth-order valence-electron chi connectivity index (χ4n) is 4.85. The second kappa shape index (κ2) is 7.86. The second-order valence-electron chi connectivity index (χ2n) is 9.19. The van der Waals surface area contributed by atoms with Crippen LogP contribution in [-0.4, -0.2) is 31.6 Å². The molecule has 0 aromatic carbocycles. The van der Waals surface area contributed by atoms with E-state index >= 15 is 0 Å². The summed E-state index contributed by atoms with van der Waals surface area (Å²) in [6.07, 6.45) is 3.95. The molecule has 156 valence electrons. The maximum Gasteiger partial charge on any atom is 0.267 e. The molecule has 3 unspecified atom stereocenters. The van der Waals surface area contributed by atoms with Crippen LogP contribution < -0.4 is 11.1 Å². The number of nitrogens with zero attached hydrogens (tertiary/aromatic N) is 2. The standard InChI is InChI=1S/C22H30N4O3/c1-11(2)19-9-17(21(28)25-23-19)14-5-4-13(6-14)12(3)20-10-18(22(29)26-24-20)15-7-16(27)8-15/h9-16,27H,4-8H2,1-3H3,(H,25,28)(H,26,29)/t12?,13?,14?,15-,16-. The van der Waals surface area contributed by atoms with E-state index in [1.165, 1.54) is 0 Å². The van der Waals surface area contributed by atoms with Crippen LogP contribution in [0.2, 0.25) is 0 Å². The Hall–Kier alpha value is -2.28. The van der Waals surface area contributed by atoms with Crippen molar-refractivity contribution in [1.29, 1.82) is 0 Å². The van der Waals surface area contributed by atoms with Gasteiger partial charge in [0.05, 0.1) is 17.5 Å². The Balaban J connectivity index is 1.51. The zero-order valence-corrected chi connectivity index (χ0v) is 17.3. The lowest BCUT2D eigenvalue weighted by Gasteiger charge is -2.31. The largest absolute Gasteiger partial charge is 0.393 e. The summed E-state index contributed by atoms with van der Waals surface area (Å²) in [5, 5.41) is 23.4. The highest BCUT2D eigenvalue weighted by atomic mass is 16.3. The first-order chi connectivity index (χ1) is 13.8. The zero-order chi connectivity index (χ0) is 20.7. The third-order valence-corrected chi connectivity index (χ3v) is 6.94. The number of hydrogen-bond donors (Lipinski definition) is 3. The summed E-state index contributed by atoms with van der Waals surface area (Å²) < 4.78 is 0. The van der Waals surface area contributed by atoms with Crippen molar-refractivity contribution in [2.24, 2.45) is 5.92 Å². The van der Waals surface area contributed by atoms with Crippen molar-refractivity contribution < 1.29 is 5.11 Å². The number of rotatable bonds is 5. The molecule has 3 N–H and O–H groups in total. The summed E-state index contributed by atoms with van der Waals surface area (Å²) in [5.74, 6) is 1.24. The molecule has 2 saturated carbocycles. The van der Waals surface area contributed by atoms with Gasteiger partial charge in [-0.15, -0.1) is 0 Å². The highest BCUT2D eigenvalue weighted by Crippen LogP contribution is 2.44. The molecule has 2 heterocycles. The van der Waals surface area contributed by atoms with E-state index in [2.05, 4.69) is 41.2 Å². The van der Waals surface area contributed by atoms with Gasteiger partial charge in [0.1, 0.15) is 0 Å². The molecule has 0 amide bonds. The van der Waals surface area contributed by atoms with Gasteiger partial charge in [-0.3, -0.25) is 9.59 Å². The van der Waals surface area contributed by atoms with E-state index in [0.717, 1.165) is 41.8 Å². The van der Waals surface area contributed by atoms with E-state index in [9.17, 15) is 14.7 Å². The second-order valence-corrected chi connectivity index (χ2v) is 9.19. The Bertz CT molecular complexity index is 990. The number of nitrogens with one attached hydrogen (secondary N) is 2. The molecule has 0 bridgehead atoms. The maximum absolute atomic E-state index is 12.4. The van der Waals surface area contributed by atoms with Crippen molar-refractivity contribution >= 4 is 0 Å². The van der Waals surface area contributed by atoms with Gasteiger partial charge in [0.25, 0.3) is 11.1 Å². The van der Waals surface area contributed by atoms with Crippen LogP contribution in [0.3, 0.4) is 0 Å². The fraction of sp³-hybridized carbons (Fsp3) is 0.636. The molecular weight excluding hydrogens is 368 g/mol. The van der Waals surface area contributed by atoms with Gasteiger partial charge < -0.3 is 5.11 Å². The summed E-state index contributed by atoms with van der Waals surface area (Å²) in [5.41, 5.74) is 3.18. The van der Waals surface area contributed by atoms with Crippen molar-refractivity contribution in [3.63, 3.8) is 0 Å². The van der Waals surface area contributed by atoms with Gasteiger partial charge >= 0.3 is 0 Å². The number of H-pyrrole nitrogens is 2. The number of aromatic nitrogens is 4. The molecule has 29 heavy (non-hydrogen) atoms. The fourth-order valence-corrected chi connectivity index (χ4v) is 4.85. The molecule has 2 fully saturated rings. The maximum atomic E-state index is 12.4. The lowest BCUT2D eigenvalue weighted by Crippen LogP contribution is -2.31. The van der Waals surface area contributed by atoms with E-state index in [1.54, 1.807) is 0 Å². The zero-order valence-electron chi connectivity index (χ0n) is 17.3. The van der Waals surface area contributed by atoms with E-state index in [0.29, 0.717) is 18.8 Å². The van der Waals surface area contributed by atoms with E-state index in [-0.39, 0.29) is 40.9 Å². The minimum atomic E-state index is -0.293. The van der Waals surface area contributed by atoms with Gasteiger partial charge in [0.15, 0.2) is 0 Å². The summed E-state index contributed by atoms with van der Waals surface area (Å²) in [7, 11) is 0. The minimum absolute atomic E-state index is 0.0827. The average Bonchev–Trinajstić information content (AvgIpc) is 3.15. The van der Waals surface area contributed by atoms with E-state index in [4.69, 9.17) is 0 Å². The van der Waals surface area contributed by atoms with Crippen molar-refractivity contribution in [2.75, 3.05) is 0 Å². The molecule has 7 heteroatoms. The van der Waals surface area contributed by atoms with Gasteiger partial charge in [-0.05, 0) is 67.9 Å². The van der Waals surface area contributed by atoms with Crippen LogP contribution in [0.15, 0.2) is 21.7 Å². The van der Waals surface area contributed by atoms with Crippen LogP contribution in [-0.2, 0) is 0 Å². The molecule has 2 aliphatic carbocycles. The molecule has 0 spiro atoms. The van der Waals surface area contributed by atoms with E-state index < -0.39 is 0 Å². The number of hydrogen-bond acceptors (Lipinski definition) is 5. The quantitative estimate of drug-likeness (QED) is 0.717. The number of aliphatic hydroxyl groups is 1. The minimum Gasteiger partial charge on any atom is -0.393 e. The van der Waals surface area contributed by atoms with Crippen molar-refractivity contribution in [1.82, 2.24) is 20.4 Å². The molecule has 7 nitrogen and oxygen atoms in total. The molecule has 0 saturated heterocycles. The first kappa shape index (κ1) is 20.0. The summed E-state index contributed by atoms with van der Waals surface area (Å²) >= 11 is 0. The predicted octanol–water partition coefficient (Wildman–Crippen LogP) is 2.90. The number of aromatic amines is 2. The molecule has 0 aliphatic heterocycles. The summed E-state index contributed by atoms with van der Waals surface area (Å²) in [6.45, 7) is 6.30. The molecule has 2 aromatic heterocycles. The average molecular weight is 399 g/mol. The van der Waals surface area contributed by atoms with Crippen LogP contribution in [0.5, 0.6) is 0 Å². The highest BCUT2D eigenvalue weighted by Gasteiger charge is 2.34. The number of aliphatic hydroxyl groups excluding tert-OH is 1. The van der Waals surface area contributed by atoms with Crippen LogP contribution in [0.1, 0.15) is 99.1 Å². The summed E-state index contributed by atoms with van der Waals surface area (Å²) in [4.78, 5) is 24.5. The Morgan fingerprint density at radius 2 is 1.48 bits per heavy atom. The van der Waals surface area contributed by atoms with Gasteiger partial charge in [-0.1, -0.05) is 20.8 Å². The van der Waals surface area contributed by atoms with Crippen molar-refractivity contribution in [3.8, 4) is 0 Å². The van der Waals surface area contributed by atoms with Gasteiger partial charge in [0, 0.05) is 17.0 Å². The predicted molar refractivity (Wildman–Crippen MR) is 110 cm³/mol. The SMILES string of the molecule is CC(C)c1cc(C2CCC(C(C)c3cc([C@H]4C[C@H](O)C4)c(=O)[nH]n3)C2)c(=O)[nH]n1. The first-order valence-corrected chi connectivity index (χ1v) is 10.7. The van der Waals surface area contributed by atoms with Crippen molar-refractivity contribution in [3.05, 3.63) is 55.4 Å². The van der Waals surface area contributed by atoms with Crippen LogP contribution in [0.25, 0.3) is 0 Å². The Morgan fingerprint density at radius 3 is 2.10 bits per heavy atom. The van der Waals surface area contributed by atoms with Crippen LogP contribution in [0.4, 0.5) is 0 Å². The van der Waals surface area contributed by atoms with Gasteiger partial charge in [-0.25, -0.2) is 10.2 Å². The van der Waals surface area contributed by atoms with Gasteiger partial charge in [0.2, 0.25) is 0 Å². The third-order valence-electron chi connectivity index (χ3n) is 6.94. The monoisotopic (exact) mass is 398 g/mol. The van der Waals surface area contributed by atoms with Crippen LogP contribution >= 0.6 is 0 Å². The first-order valence-electron chi connectivity index (χ1n) is 10.7. The smallest absolute Gasteiger partial charge is 0.267 e. The molecule has 2 aliphatic rings. The lowest BCUT2D eigenvalue weighted by atomic mass is 9.77.